The van der Waals surface area contributed by atoms with Gasteiger partial charge in [-0.15, -0.1) is 0 Å². The van der Waals surface area contributed by atoms with Crippen LogP contribution >= 0.6 is 0 Å². The maximum Gasteiger partial charge on any atom is 0.248 e. The summed E-state index contributed by atoms with van der Waals surface area (Å²) in [6.45, 7) is 0.413. The fraction of sp³-hybridized carbons (Fsp3) is 0.333. The molecule has 5 N–H and O–H groups in total. The van der Waals surface area contributed by atoms with E-state index in [0.717, 1.165) is 0 Å². The van der Waals surface area contributed by atoms with E-state index in [1.807, 2.05) is 0 Å². The normalized spacial score (nSPS) is 11.9. The monoisotopic (exact) mass is 251 g/mol. The van der Waals surface area contributed by atoms with Gasteiger partial charge in [0.15, 0.2) is 0 Å². The van der Waals surface area contributed by atoms with E-state index in [1.165, 1.54) is 6.07 Å². The first-order valence-corrected chi connectivity index (χ1v) is 5.50. The van der Waals surface area contributed by atoms with Crippen molar-refractivity contribution < 1.29 is 14.3 Å². The zero-order chi connectivity index (χ0) is 13.5. The van der Waals surface area contributed by atoms with Crippen molar-refractivity contribution in [3.8, 4) is 0 Å². The number of carbonyl (C=O) groups excluding carboxylic acids is 2. The second kappa shape index (κ2) is 6.73. The smallest absolute Gasteiger partial charge is 0.248 e. The van der Waals surface area contributed by atoms with Gasteiger partial charge in [-0.1, -0.05) is 6.07 Å². The molecule has 6 nitrogen and oxygen atoms in total. The molecule has 18 heavy (non-hydrogen) atoms. The Hall–Kier alpha value is -1.92. The lowest BCUT2D eigenvalue weighted by molar-refractivity contribution is -0.117. The van der Waals surface area contributed by atoms with Crippen molar-refractivity contribution in [1.82, 2.24) is 0 Å². The summed E-state index contributed by atoms with van der Waals surface area (Å²) in [5.41, 5.74) is 11.6. The van der Waals surface area contributed by atoms with Gasteiger partial charge in [-0.3, -0.25) is 9.59 Å². The number of rotatable bonds is 6. The first-order valence-electron chi connectivity index (χ1n) is 5.50. The Bertz CT molecular complexity index is 434. The Morgan fingerprint density at radius 1 is 1.44 bits per heavy atom. The van der Waals surface area contributed by atoms with E-state index in [1.54, 1.807) is 25.3 Å². The molecule has 0 fully saturated rings. The molecular weight excluding hydrogens is 234 g/mol. The summed E-state index contributed by atoms with van der Waals surface area (Å²) >= 11 is 0. The predicted octanol–water partition coefficient (Wildman–Crippen LogP) is 0.0878. The summed E-state index contributed by atoms with van der Waals surface area (Å²) in [5, 5.41) is 2.62. The standard InChI is InChI=1S/C12H17N3O3/c1-18-6-5-10(13)12(17)15-9-4-2-3-8(7-9)11(14)16/h2-4,7,10H,5-6,13H2,1H3,(H2,14,16)(H,15,17). The molecule has 98 valence electrons. The Morgan fingerprint density at radius 2 is 2.17 bits per heavy atom. The summed E-state index contributed by atoms with van der Waals surface area (Å²) in [6.07, 6.45) is 0.428. The quantitative estimate of drug-likeness (QED) is 0.665. The van der Waals surface area contributed by atoms with Crippen molar-refractivity contribution in [3.63, 3.8) is 0 Å². The average Bonchev–Trinajstić information content (AvgIpc) is 2.36. The van der Waals surface area contributed by atoms with Gasteiger partial charge >= 0.3 is 0 Å². The maximum absolute atomic E-state index is 11.7. The largest absolute Gasteiger partial charge is 0.385 e. The van der Waals surface area contributed by atoms with E-state index in [0.29, 0.717) is 24.3 Å². The molecular formula is C12H17N3O3. The molecule has 0 heterocycles. The number of nitrogens with one attached hydrogen (secondary N) is 1. The lowest BCUT2D eigenvalue weighted by atomic mass is 10.1. The highest BCUT2D eigenvalue weighted by atomic mass is 16.5. The zero-order valence-corrected chi connectivity index (χ0v) is 10.2. The molecule has 1 rings (SSSR count). The van der Waals surface area contributed by atoms with Crippen molar-refractivity contribution in [2.45, 2.75) is 12.5 Å². The van der Waals surface area contributed by atoms with Crippen LogP contribution in [0.15, 0.2) is 24.3 Å². The third-order valence-electron chi connectivity index (χ3n) is 2.38. The highest BCUT2D eigenvalue weighted by Crippen LogP contribution is 2.10. The highest BCUT2D eigenvalue weighted by molar-refractivity contribution is 5.97. The molecule has 0 aliphatic carbocycles. The number of amides is 2. The first-order chi connectivity index (χ1) is 8.54. The van der Waals surface area contributed by atoms with Crippen molar-refractivity contribution in [1.29, 1.82) is 0 Å². The Morgan fingerprint density at radius 3 is 2.78 bits per heavy atom. The minimum atomic E-state index is -0.651. The van der Waals surface area contributed by atoms with Crippen molar-refractivity contribution in [2.24, 2.45) is 11.5 Å². The second-order valence-electron chi connectivity index (χ2n) is 3.82. The molecule has 0 aliphatic heterocycles. The van der Waals surface area contributed by atoms with Crippen LogP contribution in [0.1, 0.15) is 16.8 Å². The van der Waals surface area contributed by atoms with Crippen LogP contribution in [0.5, 0.6) is 0 Å². The minimum Gasteiger partial charge on any atom is -0.385 e. The molecule has 2 amide bonds. The third kappa shape index (κ3) is 4.15. The minimum absolute atomic E-state index is 0.325. The van der Waals surface area contributed by atoms with Crippen LogP contribution in [-0.4, -0.2) is 31.6 Å². The summed E-state index contributed by atoms with van der Waals surface area (Å²) < 4.78 is 4.84. The Balaban J connectivity index is 2.64. The van der Waals surface area contributed by atoms with Crippen LogP contribution < -0.4 is 16.8 Å². The van der Waals surface area contributed by atoms with Crippen LogP contribution in [-0.2, 0) is 9.53 Å². The number of primary amides is 1. The fourth-order valence-corrected chi connectivity index (χ4v) is 1.36. The van der Waals surface area contributed by atoms with E-state index < -0.39 is 11.9 Å². The molecule has 0 saturated heterocycles. The highest BCUT2D eigenvalue weighted by Gasteiger charge is 2.13. The molecule has 1 unspecified atom stereocenters. The average molecular weight is 251 g/mol. The molecule has 0 aliphatic rings. The van der Waals surface area contributed by atoms with Gasteiger partial charge in [0.2, 0.25) is 11.8 Å². The Kier molecular flexibility index (Phi) is 5.29. The zero-order valence-electron chi connectivity index (χ0n) is 10.2. The number of hydrogen-bond donors (Lipinski definition) is 3. The van der Waals surface area contributed by atoms with Crippen molar-refractivity contribution in [2.75, 3.05) is 19.0 Å². The van der Waals surface area contributed by atoms with Gasteiger partial charge in [-0.25, -0.2) is 0 Å². The number of carbonyl (C=O) groups is 2. The van der Waals surface area contributed by atoms with E-state index in [9.17, 15) is 9.59 Å². The van der Waals surface area contributed by atoms with Crippen molar-refractivity contribution in [3.05, 3.63) is 29.8 Å². The van der Waals surface area contributed by atoms with Gasteiger partial charge in [0.05, 0.1) is 6.04 Å². The van der Waals surface area contributed by atoms with E-state index in [-0.39, 0.29) is 5.91 Å². The summed E-state index contributed by atoms with van der Waals surface area (Å²) in [7, 11) is 1.54. The van der Waals surface area contributed by atoms with Crippen LogP contribution in [0.2, 0.25) is 0 Å². The van der Waals surface area contributed by atoms with Gasteiger partial charge in [0.1, 0.15) is 0 Å². The molecule has 1 aromatic carbocycles. The molecule has 0 aromatic heterocycles. The van der Waals surface area contributed by atoms with Gasteiger partial charge in [-0.2, -0.15) is 0 Å². The molecule has 0 bridgehead atoms. The SMILES string of the molecule is COCCC(N)C(=O)Nc1cccc(C(N)=O)c1. The lowest BCUT2D eigenvalue weighted by Gasteiger charge is -2.12. The molecule has 1 aromatic rings. The number of hydrogen-bond acceptors (Lipinski definition) is 4. The van der Waals surface area contributed by atoms with E-state index in [2.05, 4.69) is 5.32 Å². The fourth-order valence-electron chi connectivity index (χ4n) is 1.36. The number of nitrogens with two attached hydrogens (primary N) is 2. The number of anilines is 1. The summed E-state index contributed by atoms with van der Waals surface area (Å²) in [5.74, 6) is -0.872. The van der Waals surface area contributed by atoms with Crippen molar-refractivity contribution >= 4 is 17.5 Å². The first kappa shape index (κ1) is 14.1. The van der Waals surface area contributed by atoms with Gasteiger partial charge in [-0.05, 0) is 24.6 Å². The topological polar surface area (TPSA) is 107 Å². The number of methoxy groups -OCH3 is 1. The van der Waals surface area contributed by atoms with Gasteiger partial charge in [0.25, 0.3) is 0 Å². The van der Waals surface area contributed by atoms with Crippen LogP contribution in [0.4, 0.5) is 5.69 Å². The number of benzene rings is 1. The van der Waals surface area contributed by atoms with Crippen LogP contribution in [0, 0.1) is 0 Å². The van der Waals surface area contributed by atoms with E-state index >= 15 is 0 Å². The van der Waals surface area contributed by atoms with Crippen LogP contribution in [0.3, 0.4) is 0 Å². The van der Waals surface area contributed by atoms with Crippen LogP contribution in [0.25, 0.3) is 0 Å². The lowest BCUT2D eigenvalue weighted by Crippen LogP contribution is -2.36. The number of ether oxygens (including phenoxy) is 1. The third-order valence-corrected chi connectivity index (χ3v) is 2.38. The van der Waals surface area contributed by atoms with Gasteiger partial charge < -0.3 is 21.5 Å². The molecule has 0 radical (unpaired) electrons. The predicted molar refractivity (Wildman–Crippen MR) is 68.1 cm³/mol. The maximum atomic E-state index is 11.7. The van der Waals surface area contributed by atoms with E-state index in [4.69, 9.17) is 16.2 Å². The summed E-state index contributed by atoms with van der Waals surface area (Å²) in [6, 6.07) is 5.72. The molecule has 6 heteroatoms. The van der Waals surface area contributed by atoms with Gasteiger partial charge in [0, 0.05) is 25.0 Å². The molecule has 1 atom stereocenters. The second-order valence-corrected chi connectivity index (χ2v) is 3.82. The molecule has 0 spiro atoms. The Labute approximate surface area is 105 Å². The molecule has 0 saturated carbocycles. The summed E-state index contributed by atoms with van der Waals surface area (Å²) in [4.78, 5) is 22.7.